The largest absolute Gasteiger partial charge is 0.466 e. The third-order valence-corrected chi connectivity index (χ3v) is 3.51. The third-order valence-electron chi connectivity index (χ3n) is 3.51. The molecule has 0 unspecified atom stereocenters. The molecule has 0 saturated heterocycles. The quantitative estimate of drug-likeness (QED) is 0.251. The number of carbonyl (C=O) groups is 3. The summed E-state index contributed by atoms with van der Waals surface area (Å²) < 4.78 is 14.9. The molecule has 0 atom stereocenters. The molecule has 0 aromatic rings. The highest BCUT2D eigenvalue weighted by molar-refractivity contribution is 5.94. The summed E-state index contributed by atoms with van der Waals surface area (Å²) in [5.41, 5.74) is -0.570. The molecule has 0 fully saturated rings. The van der Waals surface area contributed by atoms with Gasteiger partial charge in [-0.1, -0.05) is 12.8 Å². The first kappa shape index (κ1) is 21.4. The van der Waals surface area contributed by atoms with Crippen LogP contribution in [-0.4, -0.2) is 37.7 Å². The first-order valence-electron chi connectivity index (χ1n) is 8.30. The second-order valence-corrected chi connectivity index (χ2v) is 5.91. The van der Waals surface area contributed by atoms with Crippen LogP contribution in [0.2, 0.25) is 0 Å². The molecule has 0 aliphatic carbocycles. The Bertz CT molecular complexity index is 371. The standard InChI is InChI=1S/C17H30O6/c1-6-21-14(18)13(15(19)22-7-2)11-9-10-12-17(4,5)16(20)23-8-3/h13H,6-12H2,1-5H3. The molecular formula is C17H30O6. The van der Waals surface area contributed by atoms with Crippen LogP contribution in [0.1, 0.15) is 60.3 Å². The van der Waals surface area contributed by atoms with Gasteiger partial charge in [-0.2, -0.15) is 0 Å². The van der Waals surface area contributed by atoms with Crippen LogP contribution in [0, 0.1) is 11.3 Å². The summed E-state index contributed by atoms with van der Waals surface area (Å²) >= 11 is 0. The Hall–Kier alpha value is -1.59. The van der Waals surface area contributed by atoms with Gasteiger partial charge >= 0.3 is 17.9 Å². The molecule has 0 rings (SSSR count). The molecule has 0 radical (unpaired) electrons. The lowest BCUT2D eigenvalue weighted by Gasteiger charge is -2.22. The maximum Gasteiger partial charge on any atom is 0.320 e. The molecule has 0 bridgehead atoms. The Kier molecular flexibility index (Phi) is 10.3. The Balaban J connectivity index is 4.44. The second kappa shape index (κ2) is 11.0. The minimum absolute atomic E-state index is 0.227. The van der Waals surface area contributed by atoms with Gasteiger partial charge < -0.3 is 14.2 Å². The molecule has 0 spiro atoms. The molecule has 6 heteroatoms. The summed E-state index contributed by atoms with van der Waals surface area (Å²) in [7, 11) is 0. The molecule has 0 amide bonds. The molecule has 0 aromatic carbocycles. The summed E-state index contributed by atoms with van der Waals surface area (Å²) in [6.45, 7) is 9.64. The summed E-state index contributed by atoms with van der Waals surface area (Å²) in [5, 5.41) is 0. The average molecular weight is 330 g/mol. The SMILES string of the molecule is CCOC(=O)C(CCCCC(C)(C)C(=O)OCC)C(=O)OCC. The van der Waals surface area contributed by atoms with Crippen LogP contribution >= 0.6 is 0 Å². The van der Waals surface area contributed by atoms with Crippen molar-refractivity contribution in [1.82, 2.24) is 0 Å². The van der Waals surface area contributed by atoms with Crippen molar-refractivity contribution in [2.75, 3.05) is 19.8 Å². The Morgan fingerprint density at radius 3 is 1.74 bits per heavy atom. The molecule has 0 saturated carbocycles. The van der Waals surface area contributed by atoms with Crippen molar-refractivity contribution in [2.45, 2.75) is 60.3 Å². The van der Waals surface area contributed by atoms with Crippen LogP contribution in [0.4, 0.5) is 0 Å². The van der Waals surface area contributed by atoms with Crippen molar-refractivity contribution in [1.29, 1.82) is 0 Å². The van der Waals surface area contributed by atoms with Gasteiger partial charge in [0.25, 0.3) is 0 Å². The average Bonchev–Trinajstić information content (AvgIpc) is 2.47. The molecule has 134 valence electrons. The molecule has 0 aliphatic rings. The monoisotopic (exact) mass is 330 g/mol. The molecule has 6 nitrogen and oxygen atoms in total. The highest BCUT2D eigenvalue weighted by Gasteiger charge is 2.31. The van der Waals surface area contributed by atoms with E-state index in [1.807, 2.05) is 13.8 Å². The predicted molar refractivity (Wildman–Crippen MR) is 85.6 cm³/mol. The van der Waals surface area contributed by atoms with Crippen molar-refractivity contribution in [2.24, 2.45) is 11.3 Å². The second-order valence-electron chi connectivity index (χ2n) is 5.91. The van der Waals surface area contributed by atoms with E-state index in [1.165, 1.54) is 0 Å². The van der Waals surface area contributed by atoms with Gasteiger partial charge in [-0.05, 0) is 47.5 Å². The molecule has 23 heavy (non-hydrogen) atoms. The number of unbranched alkanes of at least 4 members (excludes halogenated alkanes) is 1. The fourth-order valence-corrected chi connectivity index (χ4v) is 2.16. The van der Waals surface area contributed by atoms with E-state index in [2.05, 4.69) is 0 Å². The fraction of sp³-hybridized carbons (Fsp3) is 0.824. The van der Waals surface area contributed by atoms with Crippen molar-refractivity contribution >= 4 is 17.9 Å². The van der Waals surface area contributed by atoms with Crippen molar-refractivity contribution < 1.29 is 28.6 Å². The van der Waals surface area contributed by atoms with Crippen LogP contribution in [0.3, 0.4) is 0 Å². The lowest BCUT2D eigenvalue weighted by atomic mass is 9.86. The lowest BCUT2D eigenvalue weighted by Crippen LogP contribution is -2.29. The molecular weight excluding hydrogens is 300 g/mol. The summed E-state index contributed by atoms with van der Waals surface area (Å²) in [6.07, 6.45) is 2.33. The van der Waals surface area contributed by atoms with Gasteiger partial charge in [-0.25, -0.2) is 0 Å². The Morgan fingerprint density at radius 2 is 1.30 bits per heavy atom. The number of carbonyl (C=O) groups excluding carboxylic acids is 3. The zero-order chi connectivity index (χ0) is 17.9. The topological polar surface area (TPSA) is 78.9 Å². The first-order chi connectivity index (χ1) is 10.8. The number of rotatable bonds is 11. The summed E-state index contributed by atoms with van der Waals surface area (Å²) in [5.74, 6) is -2.21. The van der Waals surface area contributed by atoms with Crippen LogP contribution in [0.25, 0.3) is 0 Å². The van der Waals surface area contributed by atoms with Crippen molar-refractivity contribution in [3.8, 4) is 0 Å². The van der Waals surface area contributed by atoms with Gasteiger partial charge in [0.15, 0.2) is 5.92 Å². The molecule has 0 aromatic heterocycles. The lowest BCUT2D eigenvalue weighted by molar-refractivity contribution is -0.162. The number of esters is 3. The van der Waals surface area contributed by atoms with Gasteiger partial charge in [0.1, 0.15) is 0 Å². The Morgan fingerprint density at radius 1 is 0.826 bits per heavy atom. The van der Waals surface area contributed by atoms with Gasteiger partial charge in [-0.15, -0.1) is 0 Å². The van der Waals surface area contributed by atoms with Crippen molar-refractivity contribution in [3.05, 3.63) is 0 Å². The van der Waals surface area contributed by atoms with Crippen LogP contribution < -0.4 is 0 Å². The molecule has 0 aliphatic heterocycles. The normalized spacial score (nSPS) is 11.2. The van der Waals surface area contributed by atoms with Crippen LogP contribution in [0.5, 0.6) is 0 Å². The van der Waals surface area contributed by atoms with E-state index in [1.54, 1.807) is 20.8 Å². The highest BCUT2D eigenvalue weighted by atomic mass is 16.6. The van der Waals surface area contributed by atoms with Crippen molar-refractivity contribution in [3.63, 3.8) is 0 Å². The molecule has 0 N–H and O–H groups in total. The first-order valence-corrected chi connectivity index (χ1v) is 8.30. The van der Waals surface area contributed by atoms with Crippen LogP contribution in [0.15, 0.2) is 0 Å². The van der Waals surface area contributed by atoms with E-state index >= 15 is 0 Å². The zero-order valence-corrected chi connectivity index (χ0v) is 15.0. The van der Waals surface area contributed by atoms with E-state index in [0.29, 0.717) is 32.3 Å². The smallest absolute Gasteiger partial charge is 0.320 e. The third kappa shape index (κ3) is 8.00. The van der Waals surface area contributed by atoms with E-state index in [4.69, 9.17) is 14.2 Å². The van der Waals surface area contributed by atoms with E-state index in [9.17, 15) is 14.4 Å². The number of hydrogen-bond donors (Lipinski definition) is 0. The highest BCUT2D eigenvalue weighted by Crippen LogP contribution is 2.26. The van der Waals surface area contributed by atoms with E-state index in [0.717, 1.165) is 0 Å². The fourth-order valence-electron chi connectivity index (χ4n) is 2.16. The summed E-state index contributed by atoms with van der Waals surface area (Å²) in [4.78, 5) is 35.5. The van der Waals surface area contributed by atoms with E-state index < -0.39 is 23.3 Å². The summed E-state index contributed by atoms with van der Waals surface area (Å²) in [6, 6.07) is 0. The maximum absolute atomic E-state index is 11.8. The van der Waals surface area contributed by atoms with Gasteiger partial charge in [0.05, 0.1) is 25.2 Å². The number of ether oxygens (including phenoxy) is 3. The zero-order valence-electron chi connectivity index (χ0n) is 15.0. The van der Waals surface area contributed by atoms with Gasteiger partial charge in [0.2, 0.25) is 0 Å². The van der Waals surface area contributed by atoms with E-state index in [-0.39, 0.29) is 19.2 Å². The van der Waals surface area contributed by atoms with Gasteiger partial charge in [-0.3, -0.25) is 14.4 Å². The minimum Gasteiger partial charge on any atom is -0.466 e. The predicted octanol–water partition coefficient (Wildman–Crippen LogP) is 2.88. The van der Waals surface area contributed by atoms with Crippen LogP contribution in [-0.2, 0) is 28.6 Å². The Labute approximate surface area is 138 Å². The maximum atomic E-state index is 11.8. The minimum atomic E-state index is -0.888. The molecule has 0 heterocycles. The van der Waals surface area contributed by atoms with Gasteiger partial charge in [0, 0.05) is 0 Å². The number of hydrogen-bond acceptors (Lipinski definition) is 6.